The van der Waals surface area contributed by atoms with Crippen molar-refractivity contribution in [1.82, 2.24) is 19.7 Å². The van der Waals surface area contributed by atoms with E-state index in [0.717, 1.165) is 31.5 Å². The number of nitrogens with one attached hydrogen (secondary N) is 1. The number of benzene rings is 1. The first kappa shape index (κ1) is 21.4. The fraction of sp³-hybridized carbons (Fsp3) is 0.400. The predicted molar refractivity (Wildman–Crippen MR) is 119 cm³/mol. The number of thioether (sulfide) groups is 1. The van der Waals surface area contributed by atoms with Crippen molar-refractivity contribution in [2.75, 3.05) is 17.7 Å². The molecule has 1 amide bonds. The van der Waals surface area contributed by atoms with E-state index in [0.29, 0.717) is 39.1 Å². The van der Waals surface area contributed by atoms with E-state index < -0.39 is 0 Å². The number of anilines is 1. The zero-order valence-electron chi connectivity index (χ0n) is 16.9. The minimum Gasteiger partial charge on any atom is -0.465 e. The summed E-state index contributed by atoms with van der Waals surface area (Å²) in [5.74, 6) is 0.217. The Balaban J connectivity index is 1.49. The molecule has 31 heavy (non-hydrogen) atoms. The van der Waals surface area contributed by atoms with Gasteiger partial charge in [-0.05, 0) is 38.0 Å². The molecule has 0 bridgehead atoms. The molecule has 0 atom stereocenters. The third kappa shape index (κ3) is 4.93. The monoisotopic (exact) mass is 459 g/mol. The van der Waals surface area contributed by atoms with Crippen LogP contribution >= 0.6 is 23.1 Å². The highest BCUT2D eigenvalue weighted by atomic mass is 32.2. The largest absolute Gasteiger partial charge is 0.465 e. The zero-order valence-corrected chi connectivity index (χ0v) is 18.6. The third-order valence-corrected chi connectivity index (χ3v) is 6.77. The van der Waals surface area contributed by atoms with Crippen molar-refractivity contribution < 1.29 is 14.3 Å². The molecule has 11 heteroatoms. The quantitative estimate of drug-likeness (QED) is 0.340. The van der Waals surface area contributed by atoms with Gasteiger partial charge in [0.15, 0.2) is 4.34 Å². The molecule has 0 spiro atoms. The first-order valence-electron chi connectivity index (χ1n) is 10.0. The van der Waals surface area contributed by atoms with Gasteiger partial charge in [-0.1, -0.05) is 29.5 Å². The molecule has 9 nitrogen and oxygen atoms in total. The number of amides is 1. The highest BCUT2D eigenvalue weighted by Crippen LogP contribution is 2.26. The molecule has 0 aliphatic carbocycles. The summed E-state index contributed by atoms with van der Waals surface area (Å²) in [5, 5.41) is 11.5. The number of aryl methyl sites for hydroxylation is 1. The smallest absolute Gasteiger partial charge is 0.316 e. The summed E-state index contributed by atoms with van der Waals surface area (Å²) in [6.07, 6.45) is 3.82. The maximum Gasteiger partial charge on any atom is 0.316 e. The molecule has 162 valence electrons. The molecule has 4 rings (SSSR count). The van der Waals surface area contributed by atoms with Gasteiger partial charge in [0.05, 0.1) is 23.3 Å². The molecule has 3 heterocycles. The molecule has 1 aliphatic heterocycles. The minimum absolute atomic E-state index is 0.0544. The van der Waals surface area contributed by atoms with Crippen LogP contribution in [0.3, 0.4) is 0 Å². The van der Waals surface area contributed by atoms with Gasteiger partial charge in [0.2, 0.25) is 5.13 Å². The second-order valence-electron chi connectivity index (χ2n) is 6.95. The number of carbonyl (C=O) groups excluding carboxylic acids is 2. The standard InChI is InChI=1S/C20H21N5O4S2/c1-2-29-16(26)11-30-20-24-23-19(31-20)22-17(27)12-7-8-13-14(10-12)21-15-6-4-3-5-9-25(15)18(13)28/h7-8,10H,2-6,9,11H2,1H3,(H,22,23,27). The number of fused-ring (bicyclic) bond motifs is 2. The van der Waals surface area contributed by atoms with E-state index in [1.807, 2.05) is 0 Å². The van der Waals surface area contributed by atoms with Crippen LogP contribution in [0.1, 0.15) is 42.4 Å². The number of carbonyl (C=O) groups is 2. The topological polar surface area (TPSA) is 116 Å². The first-order chi connectivity index (χ1) is 15.0. The summed E-state index contributed by atoms with van der Waals surface area (Å²) in [6.45, 7) is 2.76. The second kappa shape index (κ2) is 9.56. The lowest BCUT2D eigenvalue weighted by Crippen LogP contribution is -2.24. The Morgan fingerprint density at radius 3 is 2.97 bits per heavy atom. The molecular formula is C20H21N5O4S2. The summed E-state index contributed by atoms with van der Waals surface area (Å²) in [4.78, 5) is 41.6. The SMILES string of the molecule is CCOC(=O)CSc1nnc(NC(=O)c2ccc3c(=O)n4c(nc3c2)CCCCC4)s1. The van der Waals surface area contributed by atoms with Gasteiger partial charge in [-0.25, -0.2) is 4.98 Å². The van der Waals surface area contributed by atoms with Gasteiger partial charge in [-0.15, -0.1) is 10.2 Å². The summed E-state index contributed by atoms with van der Waals surface area (Å²) in [5.41, 5.74) is 0.851. The lowest BCUT2D eigenvalue weighted by Gasteiger charge is -2.10. The second-order valence-corrected chi connectivity index (χ2v) is 9.15. The van der Waals surface area contributed by atoms with Crippen molar-refractivity contribution in [3.8, 4) is 0 Å². The molecule has 0 saturated carbocycles. The summed E-state index contributed by atoms with van der Waals surface area (Å²) >= 11 is 2.38. The number of ether oxygens (including phenoxy) is 1. The molecule has 0 radical (unpaired) electrons. The molecule has 1 aromatic carbocycles. The Bertz CT molecular complexity index is 1190. The predicted octanol–water partition coefficient (Wildman–Crippen LogP) is 2.88. The molecule has 1 N–H and O–H groups in total. The van der Waals surface area contributed by atoms with Crippen molar-refractivity contribution in [2.45, 2.75) is 43.5 Å². The Kier molecular flexibility index (Phi) is 6.62. The maximum absolute atomic E-state index is 12.8. The number of esters is 1. The minimum atomic E-state index is -0.364. The Hall–Kier alpha value is -2.79. The van der Waals surface area contributed by atoms with E-state index >= 15 is 0 Å². The Morgan fingerprint density at radius 1 is 1.26 bits per heavy atom. The van der Waals surface area contributed by atoms with Crippen LogP contribution < -0.4 is 10.9 Å². The van der Waals surface area contributed by atoms with E-state index in [1.54, 1.807) is 29.7 Å². The van der Waals surface area contributed by atoms with Gasteiger partial charge in [0.1, 0.15) is 5.82 Å². The normalized spacial score (nSPS) is 13.5. The number of hydrogen-bond donors (Lipinski definition) is 1. The van der Waals surface area contributed by atoms with Crippen molar-refractivity contribution >= 4 is 51.0 Å². The zero-order chi connectivity index (χ0) is 21.8. The van der Waals surface area contributed by atoms with E-state index in [4.69, 9.17) is 4.74 Å². The van der Waals surface area contributed by atoms with Crippen molar-refractivity contribution in [3.05, 3.63) is 39.9 Å². The van der Waals surface area contributed by atoms with Gasteiger partial charge >= 0.3 is 5.97 Å². The van der Waals surface area contributed by atoms with Crippen LogP contribution in [-0.4, -0.2) is 44.0 Å². The van der Waals surface area contributed by atoms with E-state index in [1.165, 1.54) is 23.1 Å². The summed E-state index contributed by atoms with van der Waals surface area (Å²) in [7, 11) is 0. The fourth-order valence-electron chi connectivity index (χ4n) is 3.37. The maximum atomic E-state index is 12.8. The lowest BCUT2D eigenvalue weighted by molar-refractivity contribution is -0.139. The van der Waals surface area contributed by atoms with Gasteiger partial charge in [0.25, 0.3) is 11.5 Å². The van der Waals surface area contributed by atoms with Gasteiger partial charge < -0.3 is 4.74 Å². The van der Waals surface area contributed by atoms with E-state index in [2.05, 4.69) is 20.5 Å². The molecule has 3 aromatic rings. The molecular weight excluding hydrogens is 438 g/mol. The van der Waals surface area contributed by atoms with E-state index in [-0.39, 0.29) is 23.2 Å². The summed E-state index contributed by atoms with van der Waals surface area (Å²) < 4.78 is 7.19. The Morgan fingerprint density at radius 2 is 2.13 bits per heavy atom. The molecule has 0 unspecified atom stereocenters. The first-order valence-corrected chi connectivity index (χ1v) is 11.8. The van der Waals surface area contributed by atoms with Crippen LogP contribution in [0.5, 0.6) is 0 Å². The van der Waals surface area contributed by atoms with Crippen LogP contribution in [0, 0.1) is 0 Å². The van der Waals surface area contributed by atoms with Crippen LogP contribution in [0.15, 0.2) is 27.3 Å². The van der Waals surface area contributed by atoms with Crippen molar-refractivity contribution in [3.63, 3.8) is 0 Å². The van der Waals surface area contributed by atoms with Crippen molar-refractivity contribution in [2.24, 2.45) is 0 Å². The highest BCUT2D eigenvalue weighted by molar-refractivity contribution is 8.01. The summed E-state index contributed by atoms with van der Waals surface area (Å²) in [6, 6.07) is 4.90. The average molecular weight is 460 g/mol. The van der Waals surface area contributed by atoms with E-state index in [9.17, 15) is 14.4 Å². The van der Waals surface area contributed by atoms with Gasteiger partial charge in [-0.2, -0.15) is 0 Å². The average Bonchev–Trinajstić information content (AvgIpc) is 3.07. The van der Waals surface area contributed by atoms with Crippen LogP contribution in [0.2, 0.25) is 0 Å². The number of hydrogen-bond acceptors (Lipinski definition) is 9. The van der Waals surface area contributed by atoms with Gasteiger partial charge in [-0.3, -0.25) is 24.3 Å². The number of aromatic nitrogens is 4. The highest BCUT2D eigenvalue weighted by Gasteiger charge is 2.16. The lowest BCUT2D eigenvalue weighted by atomic mass is 10.1. The third-order valence-electron chi connectivity index (χ3n) is 4.82. The molecule has 2 aromatic heterocycles. The van der Waals surface area contributed by atoms with Crippen LogP contribution in [0.25, 0.3) is 10.9 Å². The molecule has 0 saturated heterocycles. The van der Waals surface area contributed by atoms with Gasteiger partial charge in [0, 0.05) is 18.5 Å². The molecule has 1 aliphatic rings. The van der Waals surface area contributed by atoms with Crippen LogP contribution in [0.4, 0.5) is 5.13 Å². The number of rotatable bonds is 6. The molecule has 0 fully saturated rings. The fourth-order valence-corrected chi connectivity index (χ4v) is 4.92. The number of nitrogens with zero attached hydrogens (tertiary/aromatic N) is 4. The van der Waals surface area contributed by atoms with Crippen LogP contribution in [-0.2, 0) is 22.5 Å². The van der Waals surface area contributed by atoms with Crippen molar-refractivity contribution in [1.29, 1.82) is 0 Å². The Labute approximate surface area is 186 Å².